The molecule has 5 heteroatoms. The molecule has 0 amide bonds. The van der Waals surface area contributed by atoms with Crippen LogP contribution in [0.4, 0.5) is 0 Å². The van der Waals surface area contributed by atoms with E-state index >= 15 is 0 Å². The average Bonchev–Trinajstić information content (AvgIpc) is 2.98. The van der Waals surface area contributed by atoms with Crippen molar-refractivity contribution in [3.8, 4) is 11.9 Å². The Labute approximate surface area is 120 Å². The van der Waals surface area contributed by atoms with E-state index in [0.29, 0.717) is 11.4 Å². The predicted molar refractivity (Wildman–Crippen MR) is 78.9 cm³/mol. The van der Waals surface area contributed by atoms with E-state index in [2.05, 4.69) is 21.4 Å². The van der Waals surface area contributed by atoms with Gasteiger partial charge in [-0.05, 0) is 18.2 Å². The Kier molecular flexibility index (Phi) is 2.42. The van der Waals surface area contributed by atoms with Gasteiger partial charge in [0, 0.05) is 11.5 Å². The molecule has 5 nitrogen and oxygen atoms in total. The van der Waals surface area contributed by atoms with E-state index in [9.17, 15) is 5.26 Å². The van der Waals surface area contributed by atoms with Crippen LogP contribution in [0.5, 0.6) is 0 Å². The van der Waals surface area contributed by atoms with Gasteiger partial charge in [0.15, 0.2) is 5.82 Å². The second kappa shape index (κ2) is 4.39. The molecule has 4 aromatic rings. The summed E-state index contributed by atoms with van der Waals surface area (Å²) in [6.07, 6.45) is 0. The lowest BCUT2D eigenvalue weighted by Gasteiger charge is -2.05. The van der Waals surface area contributed by atoms with Crippen LogP contribution in [0.25, 0.3) is 27.8 Å². The molecule has 98 valence electrons. The van der Waals surface area contributed by atoms with Crippen molar-refractivity contribution in [1.82, 2.24) is 20.0 Å². The van der Waals surface area contributed by atoms with Gasteiger partial charge < -0.3 is 0 Å². The third kappa shape index (κ3) is 1.74. The highest BCUT2D eigenvalue weighted by Gasteiger charge is 2.10. The standard InChI is InChI=1S/C16H9N5/c17-10-11-9-16(18-13-6-2-1-5-12(11)13)21-15-8-4-3-7-14(15)19-20-21/h1-9H. The molecule has 0 aliphatic rings. The van der Waals surface area contributed by atoms with Gasteiger partial charge in [0.25, 0.3) is 0 Å². The third-order valence-electron chi connectivity index (χ3n) is 3.39. The molecule has 0 unspecified atom stereocenters. The molecule has 0 aliphatic carbocycles. The van der Waals surface area contributed by atoms with Crippen LogP contribution in [0.15, 0.2) is 54.6 Å². The maximum absolute atomic E-state index is 9.35. The summed E-state index contributed by atoms with van der Waals surface area (Å²) < 4.78 is 1.66. The summed E-state index contributed by atoms with van der Waals surface area (Å²) in [6, 6.07) is 19.2. The molecule has 0 fully saturated rings. The smallest absolute Gasteiger partial charge is 0.157 e. The van der Waals surface area contributed by atoms with Crippen molar-refractivity contribution < 1.29 is 0 Å². The molecule has 0 radical (unpaired) electrons. The van der Waals surface area contributed by atoms with Crippen LogP contribution in [0.1, 0.15) is 5.56 Å². The van der Waals surface area contributed by atoms with Gasteiger partial charge in [-0.3, -0.25) is 0 Å². The van der Waals surface area contributed by atoms with Crippen molar-refractivity contribution >= 4 is 21.9 Å². The Balaban J connectivity index is 2.05. The first-order valence-corrected chi connectivity index (χ1v) is 6.47. The number of nitrogens with zero attached hydrogens (tertiary/aromatic N) is 5. The van der Waals surface area contributed by atoms with Gasteiger partial charge in [-0.2, -0.15) is 9.94 Å². The van der Waals surface area contributed by atoms with Crippen molar-refractivity contribution in [3.05, 3.63) is 60.2 Å². The molecule has 0 saturated carbocycles. The number of pyridine rings is 1. The van der Waals surface area contributed by atoms with Gasteiger partial charge in [-0.25, -0.2) is 4.98 Å². The first kappa shape index (κ1) is 11.6. The first-order valence-electron chi connectivity index (χ1n) is 6.47. The minimum atomic E-state index is 0.579. The fraction of sp³-hybridized carbons (Fsp3) is 0. The second-order valence-electron chi connectivity index (χ2n) is 4.65. The molecule has 0 atom stereocenters. The van der Waals surface area contributed by atoms with Gasteiger partial charge in [0.1, 0.15) is 5.52 Å². The fourth-order valence-corrected chi connectivity index (χ4v) is 2.40. The summed E-state index contributed by atoms with van der Waals surface area (Å²) in [7, 11) is 0. The van der Waals surface area contributed by atoms with Gasteiger partial charge >= 0.3 is 0 Å². The first-order chi connectivity index (χ1) is 10.4. The Bertz CT molecular complexity index is 1010. The number of fused-ring (bicyclic) bond motifs is 2. The van der Waals surface area contributed by atoms with E-state index in [0.717, 1.165) is 21.9 Å². The summed E-state index contributed by atoms with van der Waals surface area (Å²) in [6.45, 7) is 0. The van der Waals surface area contributed by atoms with Gasteiger partial charge in [-0.15, -0.1) is 5.10 Å². The van der Waals surface area contributed by atoms with E-state index in [-0.39, 0.29) is 0 Å². The maximum Gasteiger partial charge on any atom is 0.157 e. The average molecular weight is 271 g/mol. The Morgan fingerprint density at radius 2 is 1.71 bits per heavy atom. The molecule has 0 N–H and O–H groups in total. The topological polar surface area (TPSA) is 67.4 Å². The van der Waals surface area contributed by atoms with E-state index in [1.165, 1.54) is 0 Å². The molecule has 0 saturated heterocycles. The largest absolute Gasteiger partial charge is 0.228 e. The van der Waals surface area contributed by atoms with Crippen LogP contribution in [0.3, 0.4) is 0 Å². The highest BCUT2D eigenvalue weighted by molar-refractivity contribution is 5.86. The van der Waals surface area contributed by atoms with Gasteiger partial charge in [0.2, 0.25) is 0 Å². The minimum absolute atomic E-state index is 0.579. The van der Waals surface area contributed by atoms with E-state index in [1.54, 1.807) is 10.7 Å². The number of para-hydroxylation sites is 2. The molecule has 2 heterocycles. The van der Waals surface area contributed by atoms with E-state index in [1.807, 2.05) is 48.5 Å². The fourth-order valence-electron chi connectivity index (χ4n) is 2.40. The Morgan fingerprint density at radius 1 is 0.952 bits per heavy atom. The molecule has 0 aliphatic heterocycles. The third-order valence-corrected chi connectivity index (χ3v) is 3.39. The van der Waals surface area contributed by atoms with E-state index < -0.39 is 0 Å². The van der Waals surface area contributed by atoms with Crippen molar-refractivity contribution in [2.45, 2.75) is 0 Å². The zero-order valence-electron chi connectivity index (χ0n) is 10.9. The van der Waals surface area contributed by atoms with Crippen molar-refractivity contribution in [2.75, 3.05) is 0 Å². The summed E-state index contributed by atoms with van der Waals surface area (Å²) >= 11 is 0. The van der Waals surface area contributed by atoms with Crippen LogP contribution >= 0.6 is 0 Å². The summed E-state index contributed by atoms with van der Waals surface area (Å²) in [5, 5.41) is 18.5. The minimum Gasteiger partial charge on any atom is -0.228 e. The van der Waals surface area contributed by atoms with Crippen LogP contribution in [-0.4, -0.2) is 20.0 Å². The van der Waals surface area contributed by atoms with Crippen molar-refractivity contribution in [2.24, 2.45) is 0 Å². The number of aromatic nitrogens is 4. The van der Waals surface area contributed by atoms with Crippen LogP contribution < -0.4 is 0 Å². The normalized spacial score (nSPS) is 10.8. The molecular weight excluding hydrogens is 262 g/mol. The zero-order chi connectivity index (χ0) is 14.2. The lowest BCUT2D eigenvalue weighted by molar-refractivity contribution is 0.805. The molecular formula is C16H9N5. The van der Waals surface area contributed by atoms with Gasteiger partial charge in [-0.1, -0.05) is 35.5 Å². The van der Waals surface area contributed by atoms with Crippen LogP contribution in [0.2, 0.25) is 0 Å². The second-order valence-corrected chi connectivity index (χ2v) is 4.65. The lowest BCUT2D eigenvalue weighted by atomic mass is 10.1. The highest BCUT2D eigenvalue weighted by atomic mass is 15.4. The lowest BCUT2D eigenvalue weighted by Crippen LogP contribution is -2.01. The number of nitriles is 1. The van der Waals surface area contributed by atoms with Crippen LogP contribution in [-0.2, 0) is 0 Å². The Morgan fingerprint density at radius 3 is 2.57 bits per heavy atom. The summed E-state index contributed by atoms with van der Waals surface area (Å²) in [5.74, 6) is 0.596. The molecule has 21 heavy (non-hydrogen) atoms. The molecule has 2 aromatic carbocycles. The van der Waals surface area contributed by atoms with Crippen molar-refractivity contribution in [1.29, 1.82) is 5.26 Å². The number of benzene rings is 2. The summed E-state index contributed by atoms with van der Waals surface area (Å²) in [5.41, 5.74) is 3.01. The zero-order valence-corrected chi connectivity index (χ0v) is 10.9. The SMILES string of the molecule is N#Cc1cc(-n2nnc3ccccc32)nc2ccccc12. The van der Waals surface area contributed by atoms with Gasteiger partial charge in [0.05, 0.1) is 22.7 Å². The van der Waals surface area contributed by atoms with Crippen molar-refractivity contribution in [3.63, 3.8) is 0 Å². The highest BCUT2D eigenvalue weighted by Crippen LogP contribution is 2.21. The molecule has 0 spiro atoms. The quantitative estimate of drug-likeness (QED) is 0.534. The monoisotopic (exact) mass is 271 g/mol. The molecule has 0 bridgehead atoms. The number of rotatable bonds is 1. The Hall–Kier alpha value is -3.26. The van der Waals surface area contributed by atoms with E-state index in [4.69, 9.17) is 0 Å². The maximum atomic E-state index is 9.35. The number of hydrogen-bond donors (Lipinski definition) is 0. The molecule has 4 rings (SSSR count). The predicted octanol–water partition coefficient (Wildman–Crippen LogP) is 2.84. The number of hydrogen-bond acceptors (Lipinski definition) is 4. The summed E-state index contributed by atoms with van der Waals surface area (Å²) in [4.78, 5) is 4.59. The van der Waals surface area contributed by atoms with Crippen LogP contribution in [0, 0.1) is 11.3 Å². The molecule has 2 aromatic heterocycles.